The van der Waals surface area contributed by atoms with E-state index in [0.29, 0.717) is 5.06 Å². The maximum Gasteiger partial charge on any atom is 0.333 e. The molecule has 0 spiro atoms. The van der Waals surface area contributed by atoms with Gasteiger partial charge >= 0.3 is 17.9 Å². The largest absolute Gasteiger partial charge is 0.481 e. The quantitative estimate of drug-likeness (QED) is 0.272. The van der Waals surface area contributed by atoms with Crippen molar-refractivity contribution >= 4 is 35.6 Å². The molecule has 0 aromatic rings. The second-order valence-corrected chi connectivity index (χ2v) is 5.89. The number of ether oxygens (including phenoxy) is 1. The zero-order valence-corrected chi connectivity index (χ0v) is 14.9. The van der Waals surface area contributed by atoms with Crippen molar-refractivity contribution in [1.29, 1.82) is 0 Å². The highest BCUT2D eigenvalue weighted by molar-refractivity contribution is 6.01. The minimum atomic E-state index is -0.986. The molecule has 0 aromatic heterocycles. The molecular weight excluding hydrogens is 364 g/mol. The molecule has 1 aliphatic heterocycles. The van der Waals surface area contributed by atoms with Crippen molar-refractivity contribution in [1.82, 2.24) is 10.4 Å². The second-order valence-electron chi connectivity index (χ2n) is 5.89. The van der Waals surface area contributed by atoms with Crippen LogP contribution in [0.4, 0.5) is 0 Å². The molecule has 0 saturated carbocycles. The summed E-state index contributed by atoms with van der Waals surface area (Å²) < 4.78 is 4.83. The smallest absolute Gasteiger partial charge is 0.333 e. The van der Waals surface area contributed by atoms with Crippen LogP contribution in [0, 0.1) is 5.92 Å². The van der Waals surface area contributed by atoms with Gasteiger partial charge in [-0.15, -0.1) is 5.06 Å². The van der Waals surface area contributed by atoms with Crippen molar-refractivity contribution < 1.29 is 43.4 Å². The Balaban J connectivity index is 2.14. The van der Waals surface area contributed by atoms with Crippen LogP contribution in [-0.4, -0.2) is 59.0 Å². The second kappa shape index (κ2) is 10.9. The Kier molecular flexibility index (Phi) is 8.90. The van der Waals surface area contributed by atoms with Gasteiger partial charge in [0.2, 0.25) is 5.91 Å². The first-order chi connectivity index (χ1) is 12.7. The van der Waals surface area contributed by atoms with E-state index in [1.165, 1.54) is 0 Å². The third-order valence-electron chi connectivity index (χ3n) is 3.64. The van der Waals surface area contributed by atoms with Gasteiger partial charge in [0.15, 0.2) is 0 Å². The predicted octanol–water partition coefficient (Wildman–Crippen LogP) is -0.466. The molecular formula is C16H22N2O9. The van der Waals surface area contributed by atoms with Crippen molar-refractivity contribution in [3.05, 3.63) is 0 Å². The first kappa shape index (κ1) is 22.1. The van der Waals surface area contributed by atoms with Gasteiger partial charge in [-0.05, 0) is 6.42 Å². The lowest BCUT2D eigenvalue weighted by Gasteiger charge is -2.12. The molecule has 0 bridgehead atoms. The van der Waals surface area contributed by atoms with Crippen molar-refractivity contribution in [2.75, 3.05) is 13.2 Å². The summed E-state index contributed by atoms with van der Waals surface area (Å²) in [7, 11) is 0. The third kappa shape index (κ3) is 8.29. The standard InChI is InChI=1S/C16H22N2O9/c1-10(2-5-13(21)22)16(25)17-8-9-26-14(23)6-7-15(24)27-18-11(19)3-4-12(18)20/h10H,2-9H2,1H3,(H,17,25)(H,21,22). The molecule has 0 aliphatic carbocycles. The number of imide groups is 1. The molecule has 1 fully saturated rings. The molecule has 11 nitrogen and oxygen atoms in total. The van der Waals surface area contributed by atoms with Crippen LogP contribution in [0.5, 0.6) is 0 Å². The number of carboxylic acid groups (broad SMARTS) is 1. The maximum absolute atomic E-state index is 11.7. The summed E-state index contributed by atoms with van der Waals surface area (Å²) in [5, 5.41) is 11.5. The summed E-state index contributed by atoms with van der Waals surface area (Å²) in [5.41, 5.74) is 0. The number of hydroxylamine groups is 2. The van der Waals surface area contributed by atoms with Crippen molar-refractivity contribution in [3.63, 3.8) is 0 Å². The predicted molar refractivity (Wildman–Crippen MR) is 86.4 cm³/mol. The van der Waals surface area contributed by atoms with E-state index in [-0.39, 0.29) is 57.6 Å². The van der Waals surface area contributed by atoms with Crippen LogP contribution >= 0.6 is 0 Å². The van der Waals surface area contributed by atoms with E-state index in [0.717, 1.165) is 0 Å². The van der Waals surface area contributed by atoms with E-state index in [4.69, 9.17) is 9.84 Å². The van der Waals surface area contributed by atoms with Crippen LogP contribution in [0.25, 0.3) is 0 Å². The number of esters is 1. The van der Waals surface area contributed by atoms with Crippen LogP contribution in [0.3, 0.4) is 0 Å². The number of amides is 3. The van der Waals surface area contributed by atoms with Gasteiger partial charge in [-0.3, -0.25) is 24.0 Å². The molecule has 1 heterocycles. The lowest BCUT2D eigenvalue weighted by molar-refractivity contribution is -0.197. The maximum atomic E-state index is 11.7. The Morgan fingerprint density at radius 3 is 2.26 bits per heavy atom. The monoisotopic (exact) mass is 386 g/mol. The molecule has 1 aliphatic rings. The van der Waals surface area contributed by atoms with Gasteiger partial charge in [0.25, 0.3) is 11.8 Å². The molecule has 1 atom stereocenters. The zero-order chi connectivity index (χ0) is 20.4. The Labute approximate surface area is 154 Å². The fraction of sp³-hybridized carbons (Fsp3) is 0.625. The van der Waals surface area contributed by atoms with Crippen LogP contribution < -0.4 is 5.32 Å². The van der Waals surface area contributed by atoms with E-state index in [1.807, 2.05) is 0 Å². The Bertz CT molecular complexity index is 601. The van der Waals surface area contributed by atoms with Gasteiger partial charge in [-0.1, -0.05) is 6.92 Å². The SMILES string of the molecule is CC(CCC(=O)O)C(=O)NCCOC(=O)CCC(=O)ON1C(=O)CCC1=O. The third-order valence-corrected chi connectivity index (χ3v) is 3.64. The highest BCUT2D eigenvalue weighted by Gasteiger charge is 2.32. The van der Waals surface area contributed by atoms with Gasteiger partial charge in [-0.2, -0.15) is 0 Å². The first-order valence-electron chi connectivity index (χ1n) is 8.42. The molecule has 0 aromatic carbocycles. The fourth-order valence-corrected chi connectivity index (χ4v) is 2.07. The number of carbonyl (C=O) groups is 6. The van der Waals surface area contributed by atoms with E-state index in [1.54, 1.807) is 6.92 Å². The van der Waals surface area contributed by atoms with Crippen molar-refractivity contribution in [2.24, 2.45) is 5.92 Å². The summed E-state index contributed by atoms with van der Waals surface area (Å²) >= 11 is 0. The number of aliphatic carboxylic acids is 1. The average Bonchev–Trinajstić information content (AvgIpc) is 2.93. The highest BCUT2D eigenvalue weighted by atomic mass is 16.7. The summed E-state index contributed by atoms with van der Waals surface area (Å²) in [5.74, 6) is -4.65. The number of nitrogens with zero attached hydrogens (tertiary/aromatic N) is 1. The van der Waals surface area contributed by atoms with Crippen LogP contribution in [-0.2, 0) is 38.3 Å². The number of carboxylic acids is 1. The van der Waals surface area contributed by atoms with Crippen molar-refractivity contribution in [3.8, 4) is 0 Å². The highest BCUT2D eigenvalue weighted by Crippen LogP contribution is 2.13. The Morgan fingerprint density at radius 1 is 1.07 bits per heavy atom. The van der Waals surface area contributed by atoms with Crippen LogP contribution in [0.2, 0.25) is 0 Å². The van der Waals surface area contributed by atoms with E-state index < -0.39 is 35.6 Å². The lowest BCUT2D eigenvalue weighted by Crippen LogP contribution is -2.33. The fourth-order valence-electron chi connectivity index (χ4n) is 2.07. The molecule has 2 N–H and O–H groups in total. The summed E-state index contributed by atoms with van der Waals surface area (Å²) in [6.07, 6.45) is -0.629. The number of rotatable bonds is 11. The minimum Gasteiger partial charge on any atom is -0.481 e. The normalized spacial score (nSPS) is 14.6. The Hall–Kier alpha value is -2.98. The number of nitrogens with one attached hydrogen (secondary N) is 1. The van der Waals surface area contributed by atoms with E-state index >= 15 is 0 Å². The molecule has 1 rings (SSSR count). The van der Waals surface area contributed by atoms with Gasteiger partial charge in [0.05, 0.1) is 19.4 Å². The van der Waals surface area contributed by atoms with E-state index in [2.05, 4.69) is 10.2 Å². The molecule has 11 heteroatoms. The van der Waals surface area contributed by atoms with Crippen molar-refractivity contribution in [2.45, 2.75) is 45.4 Å². The lowest BCUT2D eigenvalue weighted by atomic mass is 10.1. The summed E-state index contributed by atoms with van der Waals surface area (Å²) in [6, 6.07) is 0. The summed E-state index contributed by atoms with van der Waals surface area (Å²) in [6.45, 7) is 1.52. The molecule has 1 unspecified atom stereocenters. The molecule has 1 saturated heterocycles. The summed E-state index contributed by atoms with van der Waals surface area (Å²) in [4.78, 5) is 72.3. The van der Waals surface area contributed by atoms with Gasteiger partial charge in [-0.25, -0.2) is 4.79 Å². The molecule has 150 valence electrons. The van der Waals surface area contributed by atoms with E-state index in [9.17, 15) is 28.8 Å². The molecule has 27 heavy (non-hydrogen) atoms. The van der Waals surface area contributed by atoms with Gasteiger partial charge < -0.3 is 20.0 Å². The zero-order valence-electron chi connectivity index (χ0n) is 14.9. The molecule has 3 amide bonds. The first-order valence-corrected chi connectivity index (χ1v) is 8.42. The van der Waals surface area contributed by atoms with Gasteiger partial charge in [0.1, 0.15) is 6.61 Å². The number of hydrogen-bond donors (Lipinski definition) is 2. The minimum absolute atomic E-state index is 0.0190. The average molecular weight is 386 g/mol. The van der Waals surface area contributed by atoms with Crippen LogP contribution in [0.1, 0.15) is 45.4 Å². The number of carbonyl (C=O) groups excluding carboxylic acids is 5. The molecule has 0 radical (unpaired) electrons. The number of hydrogen-bond acceptors (Lipinski definition) is 8. The Morgan fingerprint density at radius 2 is 1.67 bits per heavy atom. The van der Waals surface area contributed by atoms with Crippen LogP contribution in [0.15, 0.2) is 0 Å². The van der Waals surface area contributed by atoms with Gasteiger partial charge in [0, 0.05) is 25.2 Å². The topological polar surface area (TPSA) is 156 Å².